The van der Waals surface area contributed by atoms with Crippen LogP contribution in [0.4, 0.5) is 0 Å². The molecule has 2 nitrogen and oxygen atoms in total. The highest BCUT2D eigenvalue weighted by Crippen LogP contribution is 2.41. The summed E-state index contributed by atoms with van der Waals surface area (Å²) in [5, 5.41) is 10.3. The van der Waals surface area contributed by atoms with Gasteiger partial charge in [0.2, 0.25) is 0 Å². The molecule has 1 N–H and O–H groups in total. The summed E-state index contributed by atoms with van der Waals surface area (Å²) in [6.45, 7) is 3.83. The molecule has 3 aliphatic rings. The van der Waals surface area contributed by atoms with Crippen molar-refractivity contribution in [3.63, 3.8) is 0 Å². The number of halogens is 1. The van der Waals surface area contributed by atoms with Crippen LogP contribution in [0.1, 0.15) is 51.4 Å². The van der Waals surface area contributed by atoms with Gasteiger partial charge in [-0.25, -0.2) is 0 Å². The Morgan fingerprint density at radius 3 is 2.65 bits per heavy atom. The van der Waals surface area contributed by atoms with E-state index in [-0.39, 0.29) is 23.1 Å². The van der Waals surface area contributed by atoms with Crippen LogP contribution in [-0.2, 0) is 0 Å². The smallest absolute Gasteiger partial charge is 0.0642 e. The number of aliphatic hydroxyl groups excluding tert-OH is 1. The molecule has 20 heavy (non-hydrogen) atoms. The molecule has 2 atom stereocenters. The van der Waals surface area contributed by atoms with Gasteiger partial charge in [0.1, 0.15) is 0 Å². The van der Waals surface area contributed by atoms with Crippen LogP contribution in [0.15, 0.2) is 23.3 Å². The van der Waals surface area contributed by atoms with E-state index < -0.39 is 0 Å². The van der Waals surface area contributed by atoms with Crippen molar-refractivity contribution in [3.05, 3.63) is 23.3 Å². The molecule has 3 rings (SSSR count). The molecule has 2 aliphatic carbocycles. The number of hydrogen-bond acceptors (Lipinski definition) is 2. The molecular weight excluding hydrogens is 314 g/mol. The first kappa shape index (κ1) is 16.3. The highest BCUT2D eigenvalue weighted by Gasteiger charge is 2.32. The first-order valence-electron chi connectivity index (χ1n) is 8.11. The van der Waals surface area contributed by atoms with Crippen molar-refractivity contribution in [1.29, 1.82) is 0 Å². The lowest BCUT2D eigenvalue weighted by Crippen LogP contribution is -2.31. The highest BCUT2D eigenvalue weighted by atomic mass is 79.9. The van der Waals surface area contributed by atoms with Gasteiger partial charge in [0.15, 0.2) is 0 Å². The van der Waals surface area contributed by atoms with Crippen LogP contribution in [0.25, 0.3) is 0 Å². The topological polar surface area (TPSA) is 23.5 Å². The van der Waals surface area contributed by atoms with Crippen LogP contribution in [0.5, 0.6) is 0 Å². The van der Waals surface area contributed by atoms with Crippen molar-refractivity contribution >= 4 is 17.0 Å². The minimum Gasteiger partial charge on any atom is -0.392 e. The summed E-state index contributed by atoms with van der Waals surface area (Å²) in [5.74, 6) is 0.463. The number of aliphatic hydroxyl groups is 1. The van der Waals surface area contributed by atoms with Gasteiger partial charge in [0, 0.05) is 5.92 Å². The zero-order chi connectivity index (χ0) is 13.1. The van der Waals surface area contributed by atoms with Crippen molar-refractivity contribution in [3.8, 4) is 0 Å². The standard InChI is InChI=1S/C17H27NO.BrH/c19-17-13-14-7-2-3-8-15(14)16(17)9-6-12-18-10-4-1-5-11-18;/h2-3,16-17,19H,1,4-13H2;1H. The number of likely N-dealkylation sites (tertiary alicyclic amines) is 1. The third kappa shape index (κ3) is 3.75. The highest BCUT2D eigenvalue weighted by molar-refractivity contribution is 8.93. The van der Waals surface area contributed by atoms with Crippen molar-refractivity contribution in [2.45, 2.75) is 57.5 Å². The Morgan fingerprint density at radius 1 is 1.10 bits per heavy atom. The molecule has 3 heteroatoms. The van der Waals surface area contributed by atoms with E-state index in [1.165, 1.54) is 57.3 Å². The Kier molecular flexibility index (Phi) is 6.31. The van der Waals surface area contributed by atoms with Crippen LogP contribution in [-0.4, -0.2) is 35.7 Å². The first-order valence-corrected chi connectivity index (χ1v) is 8.11. The molecule has 0 aromatic carbocycles. The number of hydrogen-bond donors (Lipinski definition) is 1. The largest absolute Gasteiger partial charge is 0.392 e. The molecule has 114 valence electrons. The van der Waals surface area contributed by atoms with Gasteiger partial charge in [0.05, 0.1) is 6.10 Å². The first-order chi connectivity index (χ1) is 9.34. The average molecular weight is 342 g/mol. The molecule has 0 aromatic rings. The monoisotopic (exact) mass is 341 g/mol. The molecule has 1 fully saturated rings. The summed E-state index contributed by atoms with van der Waals surface area (Å²) in [4.78, 5) is 2.61. The molecule has 0 saturated carbocycles. The average Bonchev–Trinajstić information content (AvgIpc) is 2.76. The van der Waals surface area contributed by atoms with Crippen LogP contribution >= 0.6 is 17.0 Å². The maximum atomic E-state index is 10.3. The van der Waals surface area contributed by atoms with E-state index in [1.807, 2.05) is 0 Å². The summed E-state index contributed by atoms with van der Waals surface area (Å²) in [7, 11) is 0. The van der Waals surface area contributed by atoms with Crippen LogP contribution in [0, 0.1) is 5.92 Å². The predicted molar refractivity (Wildman–Crippen MR) is 89.4 cm³/mol. The molecule has 0 amide bonds. The molecule has 0 bridgehead atoms. The molecule has 1 aliphatic heterocycles. The van der Waals surface area contributed by atoms with Crippen LogP contribution in [0.2, 0.25) is 0 Å². The van der Waals surface area contributed by atoms with Gasteiger partial charge in [-0.2, -0.15) is 0 Å². The summed E-state index contributed by atoms with van der Waals surface area (Å²) in [5.41, 5.74) is 3.12. The van der Waals surface area contributed by atoms with Crippen molar-refractivity contribution in [1.82, 2.24) is 4.90 Å². The second-order valence-electron chi connectivity index (χ2n) is 6.43. The lowest BCUT2D eigenvalue weighted by Gasteiger charge is -2.27. The van der Waals surface area contributed by atoms with Gasteiger partial charge in [-0.3, -0.25) is 0 Å². The van der Waals surface area contributed by atoms with E-state index in [0.29, 0.717) is 5.92 Å². The van der Waals surface area contributed by atoms with Crippen molar-refractivity contribution < 1.29 is 5.11 Å². The summed E-state index contributed by atoms with van der Waals surface area (Å²) in [6.07, 6.45) is 14.2. The van der Waals surface area contributed by atoms with E-state index in [2.05, 4.69) is 17.1 Å². The molecule has 0 spiro atoms. The molecular formula is C17H28BrNO. The Hall–Kier alpha value is -0.120. The maximum absolute atomic E-state index is 10.3. The van der Waals surface area contributed by atoms with Crippen molar-refractivity contribution in [2.24, 2.45) is 5.92 Å². The van der Waals surface area contributed by atoms with Crippen LogP contribution in [0.3, 0.4) is 0 Å². The van der Waals surface area contributed by atoms with E-state index >= 15 is 0 Å². The van der Waals surface area contributed by atoms with E-state index in [9.17, 15) is 5.11 Å². The fourth-order valence-electron chi connectivity index (χ4n) is 4.05. The molecule has 1 heterocycles. The lowest BCUT2D eigenvalue weighted by atomic mass is 9.89. The molecule has 2 unspecified atom stereocenters. The summed E-state index contributed by atoms with van der Waals surface area (Å²) >= 11 is 0. The number of nitrogens with zero attached hydrogens (tertiary/aromatic N) is 1. The van der Waals surface area contributed by atoms with Gasteiger partial charge < -0.3 is 10.0 Å². The Morgan fingerprint density at radius 2 is 1.85 bits per heavy atom. The second-order valence-corrected chi connectivity index (χ2v) is 6.43. The zero-order valence-corrected chi connectivity index (χ0v) is 14.1. The summed E-state index contributed by atoms with van der Waals surface area (Å²) < 4.78 is 0. The van der Waals surface area contributed by atoms with E-state index in [0.717, 1.165) is 19.3 Å². The quantitative estimate of drug-likeness (QED) is 0.785. The Bertz CT molecular complexity index is 371. The van der Waals surface area contributed by atoms with Crippen LogP contribution < -0.4 is 0 Å². The van der Waals surface area contributed by atoms with Gasteiger partial charge in [-0.1, -0.05) is 29.7 Å². The number of allylic oxidation sites excluding steroid dienone is 2. The zero-order valence-electron chi connectivity index (χ0n) is 12.4. The fourth-order valence-corrected chi connectivity index (χ4v) is 4.05. The molecule has 1 saturated heterocycles. The number of rotatable bonds is 4. The summed E-state index contributed by atoms with van der Waals surface area (Å²) in [6, 6.07) is 0. The van der Waals surface area contributed by atoms with Crippen molar-refractivity contribution in [2.75, 3.05) is 19.6 Å². The van der Waals surface area contributed by atoms with E-state index in [4.69, 9.17) is 0 Å². The Balaban J connectivity index is 0.00000147. The predicted octanol–water partition coefficient (Wildman–Crippen LogP) is 3.86. The molecule has 0 aromatic heterocycles. The minimum absolute atomic E-state index is 0. The van der Waals surface area contributed by atoms with Gasteiger partial charge in [-0.15, -0.1) is 17.0 Å². The van der Waals surface area contributed by atoms with Gasteiger partial charge in [-0.05, 0) is 64.6 Å². The third-order valence-corrected chi connectivity index (χ3v) is 5.13. The normalized spacial score (nSPS) is 30.2. The number of piperidine rings is 1. The van der Waals surface area contributed by atoms with E-state index in [1.54, 1.807) is 5.57 Å². The SMILES string of the molecule is Br.OC1CC2=C(CC=CC2)C1CCCN1CCCCC1. The Labute approximate surface area is 133 Å². The third-order valence-electron chi connectivity index (χ3n) is 5.13. The second kappa shape index (κ2) is 7.77. The van der Waals surface area contributed by atoms with Gasteiger partial charge in [0.25, 0.3) is 0 Å². The fraction of sp³-hybridized carbons (Fsp3) is 0.765. The molecule has 0 radical (unpaired) electrons. The lowest BCUT2D eigenvalue weighted by molar-refractivity contribution is 0.128. The van der Waals surface area contributed by atoms with Gasteiger partial charge >= 0.3 is 0 Å². The maximum Gasteiger partial charge on any atom is 0.0642 e. The minimum atomic E-state index is -0.0914.